The third-order valence-electron chi connectivity index (χ3n) is 3.80. The van der Waals surface area contributed by atoms with E-state index in [1.807, 2.05) is 0 Å². The van der Waals surface area contributed by atoms with Crippen LogP contribution in [0, 0.1) is 5.82 Å². The van der Waals surface area contributed by atoms with E-state index in [1.54, 1.807) is 48.7 Å². The number of pyridine rings is 1. The molecule has 6 nitrogen and oxygen atoms in total. The summed E-state index contributed by atoms with van der Waals surface area (Å²) >= 11 is 3.31. The topological polar surface area (TPSA) is 80.3 Å². The molecule has 8 heteroatoms. The number of hydrogen-bond donors (Lipinski definition) is 2. The second-order valence-electron chi connectivity index (χ2n) is 6.09. The van der Waals surface area contributed by atoms with E-state index in [0.717, 1.165) is 4.47 Å². The Kier molecular flexibility index (Phi) is 7.29. The second-order valence-corrected chi connectivity index (χ2v) is 7.00. The molecule has 1 aromatic heterocycles. The van der Waals surface area contributed by atoms with Gasteiger partial charge in [-0.15, -0.1) is 0 Å². The van der Waals surface area contributed by atoms with Crippen molar-refractivity contribution in [1.82, 2.24) is 10.3 Å². The number of anilines is 1. The standard InChI is InChI=1S/C22H17BrFN3O3/c23-16-5-7-17(8-6-16)27-22(29)14-26-21(28)10-4-15-3-9-20(19(24)12-15)30-18-2-1-11-25-13-18/h1-13H,14H2,(H,26,28)(H,27,29)/b10-4+. The summed E-state index contributed by atoms with van der Waals surface area (Å²) in [6, 6.07) is 14.7. The Hall–Kier alpha value is -3.52. The van der Waals surface area contributed by atoms with Gasteiger partial charge in [0.05, 0.1) is 12.7 Å². The second kappa shape index (κ2) is 10.3. The number of carbonyl (C=O) groups is 2. The summed E-state index contributed by atoms with van der Waals surface area (Å²) < 4.78 is 20.5. The fraction of sp³-hybridized carbons (Fsp3) is 0.0455. The molecule has 1 heterocycles. The highest BCUT2D eigenvalue weighted by molar-refractivity contribution is 9.10. The largest absolute Gasteiger partial charge is 0.453 e. The van der Waals surface area contributed by atoms with Gasteiger partial charge in [-0.05, 0) is 60.2 Å². The van der Waals surface area contributed by atoms with E-state index in [9.17, 15) is 14.0 Å². The van der Waals surface area contributed by atoms with Crippen molar-refractivity contribution in [2.45, 2.75) is 0 Å². The van der Waals surface area contributed by atoms with E-state index in [0.29, 0.717) is 17.0 Å². The summed E-state index contributed by atoms with van der Waals surface area (Å²) in [7, 11) is 0. The molecule has 0 unspecified atom stereocenters. The highest BCUT2D eigenvalue weighted by Crippen LogP contribution is 2.24. The van der Waals surface area contributed by atoms with Gasteiger partial charge >= 0.3 is 0 Å². The summed E-state index contributed by atoms with van der Waals surface area (Å²) in [5.41, 5.74) is 1.09. The Morgan fingerprint density at radius 1 is 1.13 bits per heavy atom. The quantitative estimate of drug-likeness (QED) is 0.497. The summed E-state index contributed by atoms with van der Waals surface area (Å²) in [6.07, 6.45) is 5.74. The maximum Gasteiger partial charge on any atom is 0.244 e. The van der Waals surface area contributed by atoms with Crippen molar-refractivity contribution in [2.24, 2.45) is 0 Å². The maximum absolute atomic E-state index is 14.2. The van der Waals surface area contributed by atoms with Crippen LogP contribution in [0.2, 0.25) is 0 Å². The molecule has 2 aromatic carbocycles. The van der Waals surface area contributed by atoms with Gasteiger partial charge in [0.2, 0.25) is 11.8 Å². The van der Waals surface area contributed by atoms with Crippen molar-refractivity contribution >= 4 is 39.5 Å². The van der Waals surface area contributed by atoms with E-state index in [4.69, 9.17) is 4.74 Å². The maximum atomic E-state index is 14.2. The Morgan fingerprint density at radius 3 is 2.63 bits per heavy atom. The van der Waals surface area contributed by atoms with Crippen LogP contribution in [0.1, 0.15) is 5.56 Å². The van der Waals surface area contributed by atoms with Gasteiger partial charge in [0.15, 0.2) is 11.6 Å². The smallest absolute Gasteiger partial charge is 0.244 e. The predicted molar refractivity (Wildman–Crippen MR) is 116 cm³/mol. The minimum atomic E-state index is -0.574. The number of nitrogens with one attached hydrogen (secondary N) is 2. The Bertz CT molecular complexity index is 1060. The molecule has 0 fully saturated rings. The monoisotopic (exact) mass is 469 g/mol. The molecule has 0 saturated carbocycles. The number of rotatable bonds is 7. The molecule has 0 atom stereocenters. The number of benzene rings is 2. The van der Waals surface area contributed by atoms with Gasteiger partial charge < -0.3 is 15.4 Å². The first kappa shape index (κ1) is 21.2. The zero-order valence-corrected chi connectivity index (χ0v) is 17.2. The number of hydrogen-bond acceptors (Lipinski definition) is 4. The molecule has 0 saturated heterocycles. The Morgan fingerprint density at radius 2 is 1.93 bits per heavy atom. The molecule has 0 spiro atoms. The molecule has 3 rings (SSSR count). The van der Waals surface area contributed by atoms with Crippen LogP contribution >= 0.6 is 15.9 Å². The van der Waals surface area contributed by atoms with Gasteiger partial charge in [-0.25, -0.2) is 4.39 Å². The molecular formula is C22H17BrFN3O3. The fourth-order valence-electron chi connectivity index (χ4n) is 2.37. The average molecular weight is 470 g/mol. The van der Waals surface area contributed by atoms with E-state index >= 15 is 0 Å². The van der Waals surface area contributed by atoms with Gasteiger partial charge in [-0.1, -0.05) is 22.0 Å². The van der Waals surface area contributed by atoms with Gasteiger partial charge in [0.25, 0.3) is 0 Å². The van der Waals surface area contributed by atoms with Crippen molar-refractivity contribution < 1.29 is 18.7 Å². The minimum absolute atomic E-state index is 0.0502. The van der Waals surface area contributed by atoms with E-state index in [1.165, 1.54) is 30.5 Å². The molecule has 2 amide bonds. The van der Waals surface area contributed by atoms with Crippen LogP contribution in [0.25, 0.3) is 6.08 Å². The molecule has 30 heavy (non-hydrogen) atoms. The zero-order valence-electron chi connectivity index (χ0n) is 15.6. The number of carbonyl (C=O) groups excluding carboxylic acids is 2. The zero-order chi connectivity index (χ0) is 21.3. The summed E-state index contributed by atoms with van der Waals surface area (Å²) in [4.78, 5) is 27.7. The summed E-state index contributed by atoms with van der Waals surface area (Å²) in [6.45, 7) is -0.189. The molecule has 2 N–H and O–H groups in total. The first-order valence-electron chi connectivity index (χ1n) is 8.88. The number of ether oxygens (including phenoxy) is 1. The first-order chi connectivity index (χ1) is 14.5. The van der Waals surface area contributed by atoms with Crippen molar-refractivity contribution in [3.63, 3.8) is 0 Å². The van der Waals surface area contributed by atoms with Crippen LogP contribution in [-0.4, -0.2) is 23.3 Å². The predicted octanol–water partition coefficient (Wildman–Crippen LogP) is 4.54. The summed E-state index contributed by atoms with van der Waals surface area (Å²) in [5.74, 6) is -0.941. The lowest BCUT2D eigenvalue weighted by atomic mass is 10.2. The lowest BCUT2D eigenvalue weighted by Crippen LogP contribution is -2.31. The molecule has 0 bridgehead atoms. The highest BCUT2D eigenvalue weighted by atomic mass is 79.9. The number of aromatic nitrogens is 1. The third-order valence-corrected chi connectivity index (χ3v) is 4.33. The number of amides is 2. The van der Waals surface area contributed by atoms with Crippen molar-refractivity contribution in [2.75, 3.05) is 11.9 Å². The lowest BCUT2D eigenvalue weighted by molar-refractivity contribution is -0.121. The Labute approximate surface area is 180 Å². The normalized spacial score (nSPS) is 10.6. The van der Waals surface area contributed by atoms with Crippen LogP contribution in [-0.2, 0) is 9.59 Å². The average Bonchev–Trinajstić information content (AvgIpc) is 2.75. The van der Waals surface area contributed by atoms with E-state index < -0.39 is 11.7 Å². The van der Waals surface area contributed by atoms with E-state index in [-0.39, 0.29) is 18.2 Å². The molecule has 152 valence electrons. The van der Waals surface area contributed by atoms with Gasteiger partial charge in [0, 0.05) is 22.4 Å². The fourth-order valence-corrected chi connectivity index (χ4v) is 2.64. The molecule has 0 aliphatic rings. The SMILES string of the molecule is O=C(/C=C/c1ccc(Oc2cccnc2)c(F)c1)NCC(=O)Nc1ccc(Br)cc1. The van der Waals surface area contributed by atoms with Gasteiger partial charge in [-0.2, -0.15) is 0 Å². The van der Waals surface area contributed by atoms with Crippen LogP contribution in [0.15, 0.2) is 77.5 Å². The van der Waals surface area contributed by atoms with Crippen LogP contribution in [0.3, 0.4) is 0 Å². The van der Waals surface area contributed by atoms with Crippen LogP contribution in [0.4, 0.5) is 10.1 Å². The van der Waals surface area contributed by atoms with Gasteiger partial charge in [0.1, 0.15) is 5.75 Å². The third kappa shape index (κ3) is 6.52. The summed E-state index contributed by atoms with van der Waals surface area (Å²) in [5, 5.41) is 5.14. The Balaban J connectivity index is 1.50. The highest BCUT2D eigenvalue weighted by Gasteiger charge is 2.07. The van der Waals surface area contributed by atoms with Crippen LogP contribution in [0.5, 0.6) is 11.5 Å². The molecule has 0 aliphatic carbocycles. The first-order valence-corrected chi connectivity index (χ1v) is 9.68. The van der Waals surface area contributed by atoms with Crippen molar-refractivity contribution in [1.29, 1.82) is 0 Å². The lowest BCUT2D eigenvalue weighted by Gasteiger charge is -2.07. The molecule has 0 radical (unpaired) electrons. The van der Waals surface area contributed by atoms with Crippen molar-refractivity contribution in [3.05, 3.63) is 88.9 Å². The van der Waals surface area contributed by atoms with Crippen LogP contribution < -0.4 is 15.4 Å². The van der Waals surface area contributed by atoms with Crippen molar-refractivity contribution in [3.8, 4) is 11.5 Å². The van der Waals surface area contributed by atoms with E-state index in [2.05, 4.69) is 31.5 Å². The molecule has 3 aromatic rings. The molecule has 0 aliphatic heterocycles. The number of halogens is 2. The minimum Gasteiger partial charge on any atom is -0.453 e. The molecular weight excluding hydrogens is 453 g/mol. The van der Waals surface area contributed by atoms with Gasteiger partial charge in [-0.3, -0.25) is 14.6 Å². The number of nitrogens with zero attached hydrogens (tertiary/aromatic N) is 1.